The van der Waals surface area contributed by atoms with Gasteiger partial charge < -0.3 is 20.7 Å². The summed E-state index contributed by atoms with van der Waals surface area (Å²) in [5.74, 6) is -3.94. The fraction of sp³-hybridized carbons (Fsp3) is 0.238. The van der Waals surface area contributed by atoms with E-state index < -0.39 is 42.4 Å². The Kier molecular flexibility index (Phi) is 8.07. The summed E-state index contributed by atoms with van der Waals surface area (Å²) in [7, 11) is 0. The van der Waals surface area contributed by atoms with Crippen LogP contribution in [0.3, 0.4) is 0 Å². The number of aliphatic carboxylic acids is 2. The molecule has 2 aromatic carbocycles. The zero-order valence-corrected chi connectivity index (χ0v) is 16.0. The highest BCUT2D eigenvalue weighted by atomic mass is 16.6. The van der Waals surface area contributed by atoms with Gasteiger partial charge in [0.2, 0.25) is 5.91 Å². The maximum atomic E-state index is 12.7. The number of hydrogen-bond donors (Lipinski definition) is 3. The third kappa shape index (κ3) is 6.42. The third-order valence-electron chi connectivity index (χ3n) is 4.25. The molecular formula is C21H22N2O7. The molecule has 0 unspecified atom stereocenters. The first-order valence-electron chi connectivity index (χ1n) is 9.07. The number of rotatable bonds is 9. The van der Waals surface area contributed by atoms with Crippen molar-refractivity contribution in [1.82, 2.24) is 4.90 Å². The van der Waals surface area contributed by atoms with Crippen LogP contribution in [0.5, 0.6) is 0 Å². The number of imide groups is 1. The smallest absolute Gasteiger partial charge is 0.417 e. The van der Waals surface area contributed by atoms with Gasteiger partial charge in [0.1, 0.15) is 18.7 Å². The lowest BCUT2D eigenvalue weighted by Gasteiger charge is -2.27. The molecule has 0 aromatic heterocycles. The second kappa shape index (κ2) is 10.7. The Morgan fingerprint density at radius 3 is 1.90 bits per heavy atom. The van der Waals surface area contributed by atoms with E-state index in [0.29, 0.717) is 16.0 Å². The number of carboxylic acids is 2. The molecule has 0 aliphatic carbocycles. The Bertz CT molecular complexity index is 887. The second-order valence-corrected chi connectivity index (χ2v) is 6.50. The van der Waals surface area contributed by atoms with Gasteiger partial charge in [0.15, 0.2) is 0 Å². The molecule has 0 spiro atoms. The van der Waals surface area contributed by atoms with E-state index in [2.05, 4.69) is 0 Å². The Morgan fingerprint density at radius 2 is 1.40 bits per heavy atom. The number of ether oxygens (including phenoxy) is 1. The van der Waals surface area contributed by atoms with Gasteiger partial charge in [0, 0.05) is 6.42 Å². The molecule has 0 aliphatic rings. The van der Waals surface area contributed by atoms with Gasteiger partial charge in [0.25, 0.3) is 0 Å². The van der Waals surface area contributed by atoms with Gasteiger partial charge >= 0.3 is 18.0 Å². The minimum Gasteiger partial charge on any atom is -0.480 e. The second-order valence-electron chi connectivity index (χ2n) is 6.50. The molecule has 0 saturated carbocycles. The highest BCUT2D eigenvalue weighted by Crippen LogP contribution is 2.15. The zero-order chi connectivity index (χ0) is 22.1. The van der Waals surface area contributed by atoms with Gasteiger partial charge in [-0.2, -0.15) is 0 Å². The highest BCUT2D eigenvalue weighted by molar-refractivity contribution is 5.98. The lowest BCUT2D eigenvalue weighted by atomic mass is 10.0. The first-order chi connectivity index (χ1) is 14.3. The minimum absolute atomic E-state index is 0.176. The summed E-state index contributed by atoms with van der Waals surface area (Å²) in [5, 5.41) is 18.6. The van der Waals surface area contributed by atoms with E-state index in [1.807, 2.05) is 0 Å². The number of benzene rings is 2. The van der Waals surface area contributed by atoms with Crippen LogP contribution >= 0.6 is 0 Å². The standard InChI is InChI=1S/C21H22N2O7/c22-16(19(25)26)12-18(24)23(21(29)30-13-15-9-5-2-6-10-15)17(20(27)28)11-14-7-3-1-4-8-14/h1-10,16-17H,11-13,22H2,(H,25,26)(H,27,28)/t16-,17-/m0/s1. The summed E-state index contributed by atoms with van der Waals surface area (Å²) in [4.78, 5) is 48.7. The fourth-order valence-corrected chi connectivity index (χ4v) is 2.69. The summed E-state index contributed by atoms with van der Waals surface area (Å²) in [6, 6.07) is 13.9. The van der Waals surface area contributed by atoms with Crippen molar-refractivity contribution < 1.29 is 34.1 Å². The summed E-state index contributed by atoms with van der Waals surface area (Å²) >= 11 is 0. The molecule has 158 valence electrons. The third-order valence-corrected chi connectivity index (χ3v) is 4.25. The van der Waals surface area contributed by atoms with Crippen LogP contribution in [0.2, 0.25) is 0 Å². The Balaban J connectivity index is 2.27. The molecule has 0 saturated heterocycles. The number of amides is 2. The van der Waals surface area contributed by atoms with Crippen molar-refractivity contribution in [2.45, 2.75) is 31.5 Å². The molecule has 2 rings (SSSR count). The molecule has 2 aromatic rings. The molecule has 0 bridgehead atoms. The quantitative estimate of drug-likeness (QED) is 0.561. The predicted octanol–water partition coefficient (Wildman–Crippen LogP) is 1.65. The molecule has 2 amide bonds. The first-order valence-corrected chi connectivity index (χ1v) is 9.07. The zero-order valence-electron chi connectivity index (χ0n) is 16.0. The van der Waals surface area contributed by atoms with Gasteiger partial charge in [-0.1, -0.05) is 60.7 Å². The average molecular weight is 414 g/mol. The average Bonchev–Trinajstić information content (AvgIpc) is 2.73. The molecule has 9 nitrogen and oxygen atoms in total. The maximum Gasteiger partial charge on any atom is 0.417 e. The van der Waals surface area contributed by atoms with Crippen molar-refractivity contribution >= 4 is 23.9 Å². The number of hydrogen-bond acceptors (Lipinski definition) is 6. The SMILES string of the molecule is N[C@@H](CC(=O)N(C(=O)OCc1ccccc1)[C@@H](Cc1ccccc1)C(=O)O)C(=O)O. The van der Waals surface area contributed by atoms with Crippen molar-refractivity contribution in [3.05, 3.63) is 71.8 Å². The van der Waals surface area contributed by atoms with Gasteiger partial charge in [-0.25, -0.2) is 14.5 Å². The number of carbonyl (C=O) groups is 4. The Morgan fingerprint density at radius 1 is 0.867 bits per heavy atom. The largest absolute Gasteiger partial charge is 0.480 e. The van der Waals surface area contributed by atoms with Crippen LogP contribution in [0, 0.1) is 0 Å². The van der Waals surface area contributed by atoms with E-state index in [1.165, 1.54) is 0 Å². The van der Waals surface area contributed by atoms with Crippen LogP contribution < -0.4 is 5.73 Å². The van der Waals surface area contributed by atoms with Crippen molar-refractivity contribution in [2.24, 2.45) is 5.73 Å². The Hall–Kier alpha value is -3.72. The molecule has 0 aliphatic heterocycles. The van der Waals surface area contributed by atoms with Gasteiger partial charge in [-0.05, 0) is 11.1 Å². The highest BCUT2D eigenvalue weighted by Gasteiger charge is 2.37. The minimum atomic E-state index is -1.59. The number of nitrogens with two attached hydrogens (primary N) is 1. The monoisotopic (exact) mass is 414 g/mol. The van der Waals surface area contributed by atoms with E-state index in [9.17, 15) is 24.3 Å². The molecule has 4 N–H and O–H groups in total. The maximum absolute atomic E-state index is 12.7. The lowest BCUT2D eigenvalue weighted by molar-refractivity contribution is -0.149. The van der Waals surface area contributed by atoms with Crippen molar-refractivity contribution in [3.63, 3.8) is 0 Å². The molecule has 2 atom stereocenters. The van der Waals surface area contributed by atoms with Crippen LogP contribution in [0.15, 0.2) is 60.7 Å². The summed E-state index contributed by atoms with van der Waals surface area (Å²) in [5.41, 5.74) is 6.61. The molecule has 0 radical (unpaired) electrons. The molecule has 30 heavy (non-hydrogen) atoms. The normalized spacial score (nSPS) is 12.4. The van der Waals surface area contributed by atoms with Crippen LogP contribution in [0.1, 0.15) is 17.5 Å². The Labute approximate surface area is 172 Å². The van der Waals surface area contributed by atoms with E-state index in [-0.39, 0.29) is 13.0 Å². The number of carbonyl (C=O) groups excluding carboxylic acids is 2. The fourth-order valence-electron chi connectivity index (χ4n) is 2.69. The van der Waals surface area contributed by atoms with Crippen LogP contribution in [0.4, 0.5) is 4.79 Å². The van der Waals surface area contributed by atoms with Gasteiger partial charge in [0.05, 0.1) is 6.42 Å². The molecular weight excluding hydrogens is 392 g/mol. The summed E-state index contributed by atoms with van der Waals surface area (Å²) in [6.07, 6.45) is -2.12. The van der Waals surface area contributed by atoms with Crippen molar-refractivity contribution in [3.8, 4) is 0 Å². The van der Waals surface area contributed by atoms with E-state index in [0.717, 1.165) is 0 Å². The van der Waals surface area contributed by atoms with E-state index >= 15 is 0 Å². The van der Waals surface area contributed by atoms with Crippen LogP contribution in [-0.2, 0) is 32.1 Å². The van der Waals surface area contributed by atoms with E-state index in [4.69, 9.17) is 15.6 Å². The van der Waals surface area contributed by atoms with Crippen molar-refractivity contribution in [2.75, 3.05) is 0 Å². The van der Waals surface area contributed by atoms with E-state index in [1.54, 1.807) is 60.7 Å². The van der Waals surface area contributed by atoms with Gasteiger partial charge in [-0.15, -0.1) is 0 Å². The first kappa shape index (κ1) is 22.6. The molecule has 0 heterocycles. The number of nitrogens with zero attached hydrogens (tertiary/aromatic N) is 1. The van der Waals surface area contributed by atoms with Gasteiger partial charge in [-0.3, -0.25) is 9.59 Å². The predicted molar refractivity (Wildman–Crippen MR) is 105 cm³/mol. The molecule has 0 fully saturated rings. The van der Waals surface area contributed by atoms with Crippen molar-refractivity contribution in [1.29, 1.82) is 0 Å². The molecule has 9 heteroatoms. The summed E-state index contributed by atoms with van der Waals surface area (Å²) < 4.78 is 5.14. The number of carboxylic acid groups (broad SMARTS) is 2. The summed E-state index contributed by atoms with van der Waals surface area (Å²) in [6.45, 7) is -0.188. The van der Waals surface area contributed by atoms with Crippen LogP contribution in [0.25, 0.3) is 0 Å². The van der Waals surface area contributed by atoms with Crippen LogP contribution in [-0.4, -0.2) is 51.1 Å². The lowest BCUT2D eigenvalue weighted by Crippen LogP contribution is -2.51. The topological polar surface area (TPSA) is 147 Å².